The number of amides is 4. The number of nitrogens with zero attached hydrogens (tertiary/aromatic N) is 9. The lowest BCUT2D eigenvalue weighted by molar-refractivity contribution is -0.115. The van der Waals surface area contributed by atoms with Crippen LogP contribution in [0.15, 0.2) is 116 Å². The molecule has 0 radical (unpaired) electrons. The average Bonchev–Trinajstić information content (AvgIpc) is 4.26. The lowest BCUT2D eigenvalue weighted by Gasteiger charge is -2.29. The highest BCUT2D eigenvalue weighted by atomic mass is 32.2. The Hall–Kier alpha value is -7.93. The molecule has 21 nitrogen and oxygen atoms in total. The molecule has 374 valence electrons. The molecule has 5 aliphatic heterocycles. The number of ether oxygens (including phenoxy) is 2. The minimum Gasteiger partial charge on any atom is -0.444 e. The topological polar surface area (TPSA) is 249 Å². The molecule has 73 heavy (non-hydrogen) atoms. The van der Waals surface area contributed by atoms with Gasteiger partial charge in [0.05, 0.1) is 54.6 Å². The van der Waals surface area contributed by atoms with E-state index in [4.69, 9.17) is 9.47 Å². The van der Waals surface area contributed by atoms with E-state index in [2.05, 4.69) is 46.7 Å². The third kappa shape index (κ3) is 10.4. The normalized spacial score (nSPS) is 19.7. The quantitative estimate of drug-likeness (QED) is 0.196. The molecule has 3 atom stereocenters. The van der Waals surface area contributed by atoms with Gasteiger partial charge in [-0.1, -0.05) is 48.6 Å². The SMILES string of the molecule is CC(C)(C)OC(=O)N1CC=C(c2ccc3cnn(C4=CC(=O)NS4=O)c3c2)CC1.Cn1cc(-c2ccc3cnn(C4=CC(=O)NS4=O)c3c2)cn1.O=C1C=C(n2ncc3ccc(C4=CCOCC4)cc32)S(=O)N1. The van der Waals surface area contributed by atoms with Gasteiger partial charge >= 0.3 is 6.09 Å². The number of aromatic nitrogens is 8. The standard InChI is InChI=1S/C20H22N4O4S.C15H13N3O3S.C14H11N5O2S/c1-20(2,3)28-19(26)23-8-6-13(7-9-23)14-4-5-15-12-21-24(16(15)10-14)18-11-17(25)22-29(18)27;19-14-8-15(22(20)17-14)18-13-7-11(1-2-12(13)9-16-18)10-3-5-21-6-4-10;1-18-8-11(7-15-18)9-2-3-10-6-16-19(12(10)4-9)14-5-13(20)17-22(14)21/h4-6,10-12H,7-9H2,1-3H3,(H,22,25);1-3,7-9H,4-6H2,(H,17,19);2-8H,1H3,(H,17,20). The molecule has 0 bridgehead atoms. The van der Waals surface area contributed by atoms with E-state index in [0.29, 0.717) is 41.2 Å². The number of hydrogen-bond donors (Lipinski definition) is 3. The largest absolute Gasteiger partial charge is 0.444 e. The summed E-state index contributed by atoms with van der Waals surface area (Å²) in [6.07, 6.45) is 18.0. The highest BCUT2D eigenvalue weighted by Gasteiger charge is 2.28. The first-order valence-corrected chi connectivity index (χ1v) is 26.2. The Morgan fingerprint density at radius 1 is 0.616 bits per heavy atom. The Labute approximate surface area is 424 Å². The fourth-order valence-corrected chi connectivity index (χ4v) is 11.0. The first-order valence-electron chi connectivity index (χ1n) is 22.8. The van der Waals surface area contributed by atoms with Gasteiger partial charge < -0.3 is 14.4 Å². The molecule has 0 spiro atoms. The molecule has 4 amide bonds. The number of hydrogen-bond acceptors (Lipinski definition) is 13. The number of fused-ring (bicyclic) bond motifs is 3. The van der Waals surface area contributed by atoms with Crippen molar-refractivity contribution in [1.82, 2.24) is 58.2 Å². The highest BCUT2D eigenvalue weighted by molar-refractivity contribution is 7.94. The van der Waals surface area contributed by atoms with E-state index in [0.717, 1.165) is 73.6 Å². The molecule has 0 aliphatic carbocycles. The second-order valence-electron chi connectivity index (χ2n) is 18.0. The second kappa shape index (κ2) is 19.9. The van der Waals surface area contributed by atoms with Crippen LogP contribution in [0.4, 0.5) is 4.79 Å². The average molecular weight is 1040 g/mol. The van der Waals surface area contributed by atoms with Crippen molar-refractivity contribution in [1.29, 1.82) is 0 Å². The number of carbonyl (C=O) groups excluding carboxylic acids is 4. The smallest absolute Gasteiger partial charge is 0.410 e. The van der Waals surface area contributed by atoms with E-state index < -0.39 is 44.5 Å². The molecule has 9 heterocycles. The Bertz CT molecular complexity index is 3680. The first-order chi connectivity index (χ1) is 35.0. The summed E-state index contributed by atoms with van der Waals surface area (Å²) in [5.41, 5.74) is 8.29. The van der Waals surface area contributed by atoms with Crippen LogP contribution in [0.3, 0.4) is 0 Å². The number of benzene rings is 3. The van der Waals surface area contributed by atoms with Crippen LogP contribution in [0.2, 0.25) is 0 Å². The lowest BCUT2D eigenvalue weighted by atomic mass is 9.99. The maximum Gasteiger partial charge on any atom is 0.410 e. The van der Waals surface area contributed by atoms with Crippen molar-refractivity contribution in [3.8, 4) is 11.1 Å². The predicted octanol–water partition coefficient (Wildman–Crippen LogP) is 5.11. The minimum absolute atomic E-state index is 0.311. The van der Waals surface area contributed by atoms with Crippen LogP contribution in [-0.4, -0.2) is 112 Å². The summed E-state index contributed by atoms with van der Waals surface area (Å²) in [5, 5.41) is 20.7. The monoisotopic (exact) mass is 1040 g/mol. The van der Waals surface area contributed by atoms with Gasteiger partial charge in [0.2, 0.25) is 0 Å². The second-order valence-corrected chi connectivity index (χ2v) is 21.5. The van der Waals surface area contributed by atoms with Crippen LogP contribution >= 0.6 is 0 Å². The molecular formula is C49H46N12O9S3. The van der Waals surface area contributed by atoms with Crippen LogP contribution in [-0.2, 0) is 63.9 Å². The van der Waals surface area contributed by atoms with E-state index in [1.54, 1.807) is 39.1 Å². The van der Waals surface area contributed by atoms with Gasteiger partial charge in [-0.2, -0.15) is 20.4 Å². The van der Waals surface area contributed by atoms with Crippen molar-refractivity contribution in [2.45, 2.75) is 39.2 Å². The maximum absolute atomic E-state index is 12.2. The molecule has 0 fully saturated rings. The molecule has 3 aromatic carbocycles. The summed E-state index contributed by atoms with van der Waals surface area (Å²) >= 11 is 0. The van der Waals surface area contributed by atoms with Gasteiger partial charge in [-0.25, -0.2) is 31.5 Å². The summed E-state index contributed by atoms with van der Waals surface area (Å²) in [7, 11) is -2.90. The van der Waals surface area contributed by atoms with Crippen molar-refractivity contribution < 1.29 is 41.3 Å². The van der Waals surface area contributed by atoms with Crippen molar-refractivity contribution in [2.24, 2.45) is 7.05 Å². The zero-order chi connectivity index (χ0) is 51.1. The molecule has 3 unspecified atom stereocenters. The van der Waals surface area contributed by atoms with E-state index >= 15 is 0 Å². The van der Waals surface area contributed by atoms with Crippen LogP contribution in [0.25, 0.3) is 70.1 Å². The maximum atomic E-state index is 12.2. The van der Waals surface area contributed by atoms with Crippen LogP contribution in [0, 0.1) is 0 Å². The van der Waals surface area contributed by atoms with Crippen molar-refractivity contribution in [3.05, 3.63) is 127 Å². The van der Waals surface area contributed by atoms with Gasteiger partial charge in [0.15, 0.2) is 48.0 Å². The third-order valence-corrected chi connectivity index (χ3v) is 15.0. The van der Waals surface area contributed by atoms with Gasteiger partial charge in [-0.05, 0) is 79.6 Å². The Morgan fingerprint density at radius 2 is 1.08 bits per heavy atom. The van der Waals surface area contributed by atoms with Crippen molar-refractivity contribution in [2.75, 3.05) is 26.3 Å². The highest BCUT2D eigenvalue weighted by Crippen LogP contribution is 2.31. The van der Waals surface area contributed by atoms with E-state index in [1.807, 2.05) is 88.6 Å². The lowest BCUT2D eigenvalue weighted by Crippen LogP contribution is -2.39. The fraction of sp³-hybridized carbons (Fsp3) is 0.224. The minimum atomic E-state index is -1.62. The number of aryl methyl sites for hydroxylation is 1. The molecule has 24 heteroatoms. The van der Waals surface area contributed by atoms with Gasteiger partial charge in [0.25, 0.3) is 17.7 Å². The summed E-state index contributed by atoms with van der Waals surface area (Å²) in [4.78, 5) is 48.1. The molecule has 7 aromatic rings. The molecule has 0 saturated carbocycles. The van der Waals surface area contributed by atoms with Gasteiger partial charge in [-0.15, -0.1) is 0 Å². The van der Waals surface area contributed by atoms with Crippen LogP contribution in [0.1, 0.15) is 44.7 Å². The van der Waals surface area contributed by atoms with Crippen molar-refractivity contribution in [3.63, 3.8) is 0 Å². The first kappa shape index (κ1) is 48.7. The molecule has 4 aromatic heterocycles. The summed E-state index contributed by atoms with van der Waals surface area (Å²) in [6.45, 7) is 7.96. The fourth-order valence-electron chi connectivity index (χ4n) is 8.38. The number of nitrogens with one attached hydrogen (secondary N) is 3. The zero-order valence-electron chi connectivity index (χ0n) is 39.6. The third-order valence-electron chi connectivity index (χ3n) is 11.9. The molecular weight excluding hydrogens is 997 g/mol. The zero-order valence-corrected chi connectivity index (χ0v) is 42.1. The molecule has 12 rings (SSSR count). The van der Waals surface area contributed by atoms with Crippen molar-refractivity contribution >= 4 is 116 Å². The van der Waals surface area contributed by atoms with Gasteiger partial charge in [0.1, 0.15) is 5.60 Å². The van der Waals surface area contributed by atoms with Gasteiger partial charge in [-0.3, -0.25) is 33.2 Å². The van der Waals surface area contributed by atoms with E-state index in [-0.39, 0.29) is 17.9 Å². The number of carbonyl (C=O) groups is 4. The van der Waals surface area contributed by atoms with Crippen LogP contribution < -0.4 is 14.2 Å². The summed E-state index contributed by atoms with van der Waals surface area (Å²) in [6, 6.07) is 17.8. The Morgan fingerprint density at radius 3 is 1.47 bits per heavy atom. The van der Waals surface area contributed by atoms with E-state index in [9.17, 15) is 31.8 Å². The van der Waals surface area contributed by atoms with Gasteiger partial charge in [0, 0.05) is 66.3 Å². The number of rotatable bonds is 6. The Balaban J connectivity index is 0.000000127. The molecule has 3 N–H and O–H groups in total. The van der Waals surface area contributed by atoms with Crippen LogP contribution in [0.5, 0.6) is 0 Å². The molecule has 5 aliphatic rings. The summed E-state index contributed by atoms with van der Waals surface area (Å²) < 4.78 is 60.1. The predicted molar refractivity (Wildman–Crippen MR) is 277 cm³/mol. The van der Waals surface area contributed by atoms with E-state index in [1.165, 1.54) is 33.2 Å². The Kier molecular flexibility index (Phi) is 13.3. The summed E-state index contributed by atoms with van der Waals surface area (Å²) in [5.74, 6) is -1.13. The molecule has 0 saturated heterocycles.